The van der Waals surface area contributed by atoms with Crippen LogP contribution in [0.15, 0.2) is 51.2 Å². The van der Waals surface area contributed by atoms with Crippen LogP contribution in [0.2, 0.25) is 0 Å². The SMILES string of the molecule is COc1cc(CSc2ccc(Br)cn2)ccc1/C(N)=N/O. The van der Waals surface area contributed by atoms with Gasteiger partial charge in [-0.2, -0.15) is 0 Å². The van der Waals surface area contributed by atoms with Gasteiger partial charge in [0.2, 0.25) is 0 Å². The standard InChI is InChI=1S/C14H14BrN3O2S/c1-20-12-6-9(2-4-11(12)14(16)18-19)8-21-13-5-3-10(15)7-17-13/h2-7,19H,8H2,1H3,(H2,16,18). The predicted molar refractivity (Wildman–Crippen MR) is 87.0 cm³/mol. The smallest absolute Gasteiger partial charge is 0.173 e. The van der Waals surface area contributed by atoms with Crippen LogP contribution in [0.5, 0.6) is 5.75 Å². The number of nitrogens with two attached hydrogens (primary N) is 1. The molecule has 2 aromatic rings. The lowest BCUT2D eigenvalue weighted by Crippen LogP contribution is -2.14. The van der Waals surface area contributed by atoms with Crippen molar-refractivity contribution in [2.75, 3.05) is 7.11 Å². The maximum Gasteiger partial charge on any atom is 0.173 e. The van der Waals surface area contributed by atoms with Gasteiger partial charge in [-0.15, -0.1) is 11.8 Å². The van der Waals surface area contributed by atoms with E-state index >= 15 is 0 Å². The maximum absolute atomic E-state index is 8.74. The lowest BCUT2D eigenvalue weighted by Gasteiger charge is -2.09. The van der Waals surface area contributed by atoms with Crippen molar-refractivity contribution in [1.29, 1.82) is 0 Å². The van der Waals surface area contributed by atoms with Crippen molar-refractivity contribution in [2.45, 2.75) is 10.8 Å². The highest BCUT2D eigenvalue weighted by Crippen LogP contribution is 2.26. The fourth-order valence-corrected chi connectivity index (χ4v) is 2.72. The number of thioether (sulfide) groups is 1. The molecular formula is C14H14BrN3O2S. The van der Waals surface area contributed by atoms with Gasteiger partial charge in [0.15, 0.2) is 5.84 Å². The van der Waals surface area contributed by atoms with Crippen LogP contribution < -0.4 is 10.5 Å². The van der Waals surface area contributed by atoms with Gasteiger partial charge in [-0.1, -0.05) is 11.2 Å². The zero-order valence-corrected chi connectivity index (χ0v) is 13.7. The molecule has 1 heterocycles. The van der Waals surface area contributed by atoms with Crippen LogP contribution in [0.4, 0.5) is 0 Å². The van der Waals surface area contributed by atoms with Gasteiger partial charge in [0.25, 0.3) is 0 Å². The fraction of sp³-hybridized carbons (Fsp3) is 0.143. The van der Waals surface area contributed by atoms with Gasteiger partial charge in [-0.25, -0.2) is 4.98 Å². The molecule has 21 heavy (non-hydrogen) atoms. The summed E-state index contributed by atoms with van der Waals surface area (Å²) in [4.78, 5) is 4.31. The molecule has 3 N–H and O–H groups in total. The quantitative estimate of drug-likeness (QED) is 0.278. The minimum absolute atomic E-state index is 0.0284. The van der Waals surface area contributed by atoms with E-state index in [0.29, 0.717) is 11.3 Å². The molecule has 0 aliphatic rings. The highest BCUT2D eigenvalue weighted by molar-refractivity contribution is 9.10. The van der Waals surface area contributed by atoms with Crippen LogP contribution in [-0.4, -0.2) is 23.1 Å². The average molecular weight is 368 g/mol. The summed E-state index contributed by atoms with van der Waals surface area (Å²) in [6.07, 6.45) is 1.77. The number of amidine groups is 1. The second kappa shape index (κ2) is 7.33. The van der Waals surface area contributed by atoms with Gasteiger partial charge in [-0.3, -0.25) is 0 Å². The number of oxime groups is 1. The summed E-state index contributed by atoms with van der Waals surface area (Å²) >= 11 is 4.98. The van der Waals surface area contributed by atoms with Gasteiger partial charge in [0.1, 0.15) is 5.75 Å². The molecule has 0 saturated heterocycles. The van der Waals surface area contributed by atoms with Gasteiger partial charge in [0.05, 0.1) is 17.7 Å². The maximum atomic E-state index is 8.74. The first-order valence-electron chi connectivity index (χ1n) is 6.03. The molecule has 2 rings (SSSR count). The number of halogens is 1. The summed E-state index contributed by atoms with van der Waals surface area (Å²) in [6, 6.07) is 9.48. The summed E-state index contributed by atoms with van der Waals surface area (Å²) in [5.41, 5.74) is 7.23. The molecule has 1 aromatic heterocycles. The molecule has 5 nitrogen and oxygen atoms in total. The summed E-state index contributed by atoms with van der Waals surface area (Å²) in [5, 5.41) is 12.7. The summed E-state index contributed by atoms with van der Waals surface area (Å²) < 4.78 is 6.23. The molecule has 0 atom stereocenters. The van der Waals surface area contributed by atoms with Crippen LogP contribution in [0.25, 0.3) is 0 Å². The molecule has 0 bridgehead atoms. The van der Waals surface area contributed by atoms with E-state index in [9.17, 15) is 0 Å². The lowest BCUT2D eigenvalue weighted by molar-refractivity contribution is 0.318. The fourth-order valence-electron chi connectivity index (χ4n) is 1.70. The molecule has 0 aliphatic heterocycles. The number of hydrogen-bond acceptors (Lipinski definition) is 5. The molecule has 0 aliphatic carbocycles. The number of aromatic nitrogens is 1. The minimum Gasteiger partial charge on any atom is -0.496 e. The summed E-state index contributed by atoms with van der Waals surface area (Å²) in [5.74, 6) is 1.36. The van der Waals surface area contributed by atoms with E-state index in [1.54, 1.807) is 31.1 Å². The first kappa shape index (κ1) is 15.7. The van der Waals surface area contributed by atoms with Crippen LogP contribution in [0, 0.1) is 0 Å². The summed E-state index contributed by atoms with van der Waals surface area (Å²) in [7, 11) is 1.55. The lowest BCUT2D eigenvalue weighted by atomic mass is 10.1. The normalized spacial score (nSPS) is 11.4. The number of ether oxygens (including phenoxy) is 1. The van der Waals surface area contributed by atoms with Crippen molar-refractivity contribution in [2.24, 2.45) is 10.9 Å². The van der Waals surface area contributed by atoms with E-state index in [4.69, 9.17) is 15.7 Å². The molecule has 0 fully saturated rings. The minimum atomic E-state index is 0.0284. The Morgan fingerprint density at radius 1 is 1.43 bits per heavy atom. The van der Waals surface area contributed by atoms with Crippen LogP contribution in [0.1, 0.15) is 11.1 Å². The molecule has 0 amide bonds. The van der Waals surface area contributed by atoms with Crippen molar-refractivity contribution in [3.63, 3.8) is 0 Å². The third-order valence-corrected chi connectivity index (χ3v) is 4.22. The molecule has 0 saturated carbocycles. The molecule has 0 radical (unpaired) electrons. The van der Waals surface area contributed by atoms with E-state index in [2.05, 4.69) is 26.1 Å². The molecule has 0 spiro atoms. The Morgan fingerprint density at radius 3 is 2.86 bits per heavy atom. The van der Waals surface area contributed by atoms with Crippen LogP contribution in [-0.2, 0) is 5.75 Å². The van der Waals surface area contributed by atoms with Gasteiger partial charge in [0, 0.05) is 16.4 Å². The second-order valence-corrected chi connectivity index (χ2v) is 6.03. The van der Waals surface area contributed by atoms with E-state index in [0.717, 1.165) is 20.8 Å². The average Bonchev–Trinajstić information content (AvgIpc) is 2.53. The zero-order valence-electron chi connectivity index (χ0n) is 11.3. The molecule has 7 heteroatoms. The van der Waals surface area contributed by atoms with Gasteiger partial charge >= 0.3 is 0 Å². The topological polar surface area (TPSA) is 80.7 Å². The molecule has 0 unspecified atom stereocenters. The second-order valence-electron chi connectivity index (χ2n) is 4.12. The number of benzene rings is 1. The number of methoxy groups -OCH3 is 1. The monoisotopic (exact) mass is 367 g/mol. The first-order valence-corrected chi connectivity index (χ1v) is 7.81. The number of pyridine rings is 1. The molecule has 110 valence electrons. The third kappa shape index (κ3) is 4.12. The van der Waals surface area contributed by atoms with Crippen molar-refractivity contribution in [3.05, 3.63) is 52.1 Å². The highest BCUT2D eigenvalue weighted by Gasteiger charge is 2.09. The van der Waals surface area contributed by atoms with Crippen LogP contribution in [0.3, 0.4) is 0 Å². The Hall–Kier alpha value is -1.73. The van der Waals surface area contributed by atoms with E-state index in [-0.39, 0.29) is 5.84 Å². The van der Waals surface area contributed by atoms with E-state index in [1.165, 1.54) is 0 Å². The molecular weight excluding hydrogens is 354 g/mol. The van der Waals surface area contributed by atoms with E-state index in [1.807, 2.05) is 24.3 Å². The Balaban J connectivity index is 2.12. The van der Waals surface area contributed by atoms with Gasteiger partial charge in [-0.05, 0) is 45.8 Å². The summed E-state index contributed by atoms with van der Waals surface area (Å²) in [6.45, 7) is 0. The number of hydrogen-bond donors (Lipinski definition) is 2. The van der Waals surface area contributed by atoms with Gasteiger partial charge < -0.3 is 15.7 Å². The van der Waals surface area contributed by atoms with Crippen LogP contribution >= 0.6 is 27.7 Å². The Labute approximate surface area is 135 Å². The highest BCUT2D eigenvalue weighted by atomic mass is 79.9. The Morgan fingerprint density at radius 2 is 2.24 bits per heavy atom. The Bertz CT molecular complexity index is 647. The van der Waals surface area contributed by atoms with E-state index < -0.39 is 0 Å². The van der Waals surface area contributed by atoms with Crippen molar-refractivity contribution < 1.29 is 9.94 Å². The van der Waals surface area contributed by atoms with Crippen molar-refractivity contribution >= 4 is 33.5 Å². The molecule has 1 aromatic carbocycles. The van der Waals surface area contributed by atoms with Crippen molar-refractivity contribution in [1.82, 2.24) is 4.98 Å². The Kier molecular flexibility index (Phi) is 5.46. The predicted octanol–water partition coefficient (Wildman–Crippen LogP) is 3.24. The number of rotatable bonds is 5. The number of nitrogens with zero attached hydrogens (tertiary/aromatic N) is 2. The first-order chi connectivity index (χ1) is 10.1. The largest absolute Gasteiger partial charge is 0.496 e. The third-order valence-electron chi connectivity index (χ3n) is 2.74. The van der Waals surface area contributed by atoms with Crippen molar-refractivity contribution in [3.8, 4) is 5.75 Å². The zero-order chi connectivity index (χ0) is 15.2.